The van der Waals surface area contributed by atoms with E-state index in [9.17, 15) is 4.79 Å². The highest BCUT2D eigenvalue weighted by Gasteiger charge is 2.21. The molecule has 2 heterocycles. The molecule has 2 aromatic heterocycles. The van der Waals surface area contributed by atoms with Gasteiger partial charge in [-0.3, -0.25) is 9.36 Å². The van der Waals surface area contributed by atoms with E-state index >= 15 is 0 Å². The fourth-order valence-electron chi connectivity index (χ4n) is 3.40. The van der Waals surface area contributed by atoms with Gasteiger partial charge in [-0.25, -0.2) is 4.98 Å². The standard InChI is InChI=1S/C20H21N3OS/c1-3-12-23-19(24)17-15-6-4-5-7-16(15)25-18(17)22-20(23)21-14-10-8-13(2)9-11-14/h3,8-11H,1,4-7,12H2,2H3,(H,21,22). The third-order valence-electron chi connectivity index (χ3n) is 4.69. The summed E-state index contributed by atoms with van der Waals surface area (Å²) in [5.41, 5.74) is 3.39. The molecule has 0 spiro atoms. The highest BCUT2D eigenvalue weighted by Crippen LogP contribution is 2.34. The SMILES string of the molecule is C=CCn1c(Nc2ccc(C)cc2)nc2sc3c(c2c1=O)CCCC3. The molecule has 1 N–H and O–H groups in total. The number of benzene rings is 1. The summed E-state index contributed by atoms with van der Waals surface area (Å²) in [6.07, 6.45) is 6.16. The van der Waals surface area contributed by atoms with Gasteiger partial charge in [0.2, 0.25) is 5.95 Å². The molecule has 0 bridgehead atoms. The van der Waals surface area contributed by atoms with Crippen LogP contribution in [-0.4, -0.2) is 9.55 Å². The first-order valence-electron chi connectivity index (χ1n) is 8.67. The predicted molar refractivity (Wildman–Crippen MR) is 105 cm³/mol. The van der Waals surface area contributed by atoms with Gasteiger partial charge in [0.05, 0.1) is 5.39 Å². The van der Waals surface area contributed by atoms with E-state index in [-0.39, 0.29) is 5.56 Å². The minimum Gasteiger partial charge on any atom is -0.325 e. The Bertz CT molecular complexity index is 998. The predicted octanol–water partition coefficient (Wildman–Crippen LogP) is 4.57. The van der Waals surface area contributed by atoms with Crippen LogP contribution < -0.4 is 10.9 Å². The second-order valence-electron chi connectivity index (χ2n) is 6.52. The Labute approximate surface area is 150 Å². The fraction of sp³-hybridized carbons (Fsp3) is 0.300. The number of nitrogens with zero attached hydrogens (tertiary/aromatic N) is 2. The van der Waals surface area contributed by atoms with Crippen LogP contribution >= 0.6 is 11.3 Å². The lowest BCUT2D eigenvalue weighted by molar-refractivity contribution is 0.698. The molecule has 3 aromatic rings. The van der Waals surface area contributed by atoms with Gasteiger partial charge >= 0.3 is 0 Å². The van der Waals surface area contributed by atoms with Crippen LogP contribution in [0.5, 0.6) is 0 Å². The zero-order valence-corrected chi connectivity index (χ0v) is 15.2. The van der Waals surface area contributed by atoms with Gasteiger partial charge in [0, 0.05) is 17.1 Å². The van der Waals surface area contributed by atoms with Crippen LogP contribution in [0, 0.1) is 6.92 Å². The molecule has 4 nitrogen and oxygen atoms in total. The first-order valence-corrected chi connectivity index (χ1v) is 9.48. The van der Waals surface area contributed by atoms with Crippen molar-refractivity contribution >= 4 is 33.2 Å². The van der Waals surface area contributed by atoms with Crippen LogP contribution in [0.1, 0.15) is 28.8 Å². The average Bonchev–Trinajstić information content (AvgIpc) is 2.98. The van der Waals surface area contributed by atoms with Gasteiger partial charge in [-0.2, -0.15) is 0 Å². The molecule has 0 radical (unpaired) electrons. The van der Waals surface area contributed by atoms with E-state index in [2.05, 4.69) is 18.8 Å². The molecule has 0 amide bonds. The molecule has 25 heavy (non-hydrogen) atoms. The van der Waals surface area contributed by atoms with Gasteiger partial charge in [0.1, 0.15) is 4.83 Å². The van der Waals surface area contributed by atoms with Crippen LogP contribution in [0.25, 0.3) is 10.2 Å². The van der Waals surface area contributed by atoms with Gasteiger partial charge in [-0.1, -0.05) is 23.8 Å². The Hall–Kier alpha value is -2.40. The summed E-state index contributed by atoms with van der Waals surface area (Å²) in [5, 5.41) is 4.12. The van der Waals surface area contributed by atoms with E-state index in [1.165, 1.54) is 22.4 Å². The van der Waals surface area contributed by atoms with Crippen molar-refractivity contribution in [3.8, 4) is 0 Å². The van der Waals surface area contributed by atoms with Crippen molar-refractivity contribution in [2.24, 2.45) is 0 Å². The zero-order valence-electron chi connectivity index (χ0n) is 14.3. The number of hydrogen-bond acceptors (Lipinski definition) is 4. The van der Waals surface area contributed by atoms with Crippen molar-refractivity contribution < 1.29 is 0 Å². The lowest BCUT2D eigenvalue weighted by Gasteiger charge is -2.14. The monoisotopic (exact) mass is 351 g/mol. The summed E-state index contributed by atoms with van der Waals surface area (Å²) < 4.78 is 1.69. The minimum absolute atomic E-state index is 0.0407. The number of aryl methyl sites for hydroxylation is 3. The van der Waals surface area contributed by atoms with E-state index < -0.39 is 0 Å². The minimum atomic E-state index is 0.0407. The molecule has 1 aromatic carbocycles. The second-order valence-corrected chi connectivity index (χ2v) is 7.61. The summed E-state index contributed by atoms with van der Waals surface area (Å²) in [7, 11) is 0. The molecule has 0 aliphatic heterocycles. The molecule has 0 saturated carbocycles. The number of fused-ring (bicyclic) bond motifs is 3. The third-order valence-corrected chi connectivity index (χ3v) is 5.88. The topological polar surface area (TPSA) is 46.9 Å². The van der Waals surface area contributed by atoms with E-state index in [0.717, 1.165) is 35.2 Å². The number of rotatable bonds is 4. The Morgan fingerprint density at radius 1 is 1.28 bits per heavy atom. The maximum Gasteiger partial charge on any atom is 0.264 e. The van der Waals surface area contributed by atoms with E-state index in [0.29, 0.717) is 12.5 Å². The summed E-state index contributed by atoms with van der Waals surface area (Å²) in [6.45, 7) is 6.30. The molecular formula is C20H21N3OS. The van der Waals surface area contributed by atoms with Gasteiger partial charge in [-0.05, 0) is 50.3 Å². The number of nitrogens with one attached hydrogen (secondary N) is 1. The summed E-state index contributed by atoms with van der Waals surface area (Å²) in [4.78, 5) is 20.1. The van der Waals surface area contributed by atoms with Gasteiger partial charge in [0.25, 0.3) is 5.56 Å². The third kappa shape index (κ3) is 2.89. The Morgan fingerprint density at radius 3 is 2.80 bits per heavy atom. The maximum atomic E-state index is 13.2. The van der Waals surface area contributed by atoms with Crippen molar-refractivity contribution in [2.75, 3.05) is 5.32 Å². The van der Waals surface area contributed by atoms with Crippen LogP contribution in [0.2, 0.25) is 0 Å². The first kappa shape index (κ1) is 16.1. The number of thiophene rings is 1. The number of hydrogen-bond donors (Lipinski definition) is 1. The zero-order chi connectivity index (χ0) is 17.4. The Kier molecular flexibility index (Phi) is 4.17. The van der Waals surface area contributed by atoms with Gasteiger partial charge in [-0.15, -0.1) is 17.9 Å². The van der Waals surface area contributed by atoms with Crippen LogP contribution in [-0.2, 0) is 19.4 Å². The molecular weight excluding hydrogens is 330 g/mol. The van der Waals surface area contributed by atoms with E-state index in [1.807, 2.05) is 24.3 Å². The van der Waals surface area contributed by atoms with Crippen LogP contribution in [0.3, 0.4) is 0 Å². The normalized spacial score (nSPS) is 13.6. The number of aromatic nitrogens is 2. The lowest BCUT2D eigenvalue weighted by atomic mass is 9.97. The fourth-order valence-corrected chi connectivity index (χ4v) is 4.65. The van der Waals surface area contributed by atoms with Crippen molar-refractivity contribution in [1.82, 2.24) is 9.55 Å². The Morgan fingerprint density at radius 2 is 2.04 bits per heavy atom. The van der Waals surface area contributed by atoms with Crippen LogP contribution in [0.15, 0.2) is 41.7 Å². The number of allylic oxidation sites excluding steroid dienone is 1. The molecule has 0 unspecified atom stereocenters. The van der Waals surface area contributed by atoms with E-state index in [4.69, 9.17) is 4.98 Å². The van der Waals surface area contributed by atoms with Crippen LogP contribution in [0.4, 0.5) is 11.6 Å². The summed E-state index contributed by atoms with van der Waals surface area (Å²) >= 11 is 1.68. The van der Waals surface area contributed by atoms with E-state index in [1.54, 1.807) is 22.0 Å². The van der Waals surface area contributed by atoms with Gasteiger partial charge in [0.15, 0.2) is 0 Å². The highest BCUT2D eigenvalue weighted by molar-refractivity contribution is 7.18. The first-order chi connectivity index (χ1) is 12.2. The molecule has 0 saturated heterocycles. The maximum absolute atomic E-state index is 13.2. The molecule has 0 atom stereocenters. The second kappa shape index (κ2) is 6.48. The molecule has 128 valence electrons. The molecule has 5 heteroatoms. The molecule has 1 aliphatic rings. The molecule has 1 aliphatic carbocycles. The lowest BCUT2D eigenvalue weighted by Crippen LogP contribution is -2.24. The average molecular weight is 351 g/mol. The van der Waals surface area contributed by atoms with Crippen molar-refractivity contribution in [3.63, 3.8) is 0 Å². The molecule has 4 rings (SSSR count). The summed E-state index contributed by atoms with van der Waals surface area (Å²) in [6, 6.07) is 8.09. The van der Waals surface area contributed by atoms with Gasteiger partial charge < -0.3 is 5.32 Å². The van der Waals surface area contributed by atoms with Crippen molar-refractivity contribution in [3.05, 3.63) is 63.3 Å². The van der Waals surface area contributed by atoms with Crippen molar-refractivity contribution in [2.45, 2.75) is 39.2 Å². The molecule has 0 fully saturated rings. The number of anilines is 2. The Balaban J connectivity index is 1.87. The van der Waals surface area contributed by atoms with Crippen molar-refractivity contribution in [1.29, 1.82) is 0 Å². The smallest absolute Gasteiger partial charge is 0.264 e. The largest absolute Gasteiger partial charge is 0.325 e. The summed E-state index contributed by atoms with van der Waals surface area (Å²) in [5.74, 6) is 0.583. The quantitative estimate of drug-likeness (QED) is 0.700. The highest BCUT2D eigenvalue weighted by atomic mass is 32.1.